The highest BCUT2D eigenvalue weighted by atomic mass is 16.5. The van der Waals surface area contributed by atoms with Gasteiger partial charge in [0.2, 0.25) is 5.88 Å². The van der Waals surface area contributed by atoms with Crippen LogP contribution in [0.15, 0.2) is 42.6 Å². The van der Waals surface area contributed by atoms with Crippen LogP contribution >= 0.6 is 0 Å². The third kappa shape index (κ3) is 6.91. The van der Waals surface area contributed by atoms with Gasteiger partial charge >= 0.3 is 0 Å². The van der Waals surface area contributed by atoms with E-state index in [2.05, 4.69) is 16.8 Å². The van der Waals surface area contributed by atoms with Gasteiger partial charge in [0.25, 0.3) is 5.91 Å². The van der Waals surface area contributed by atoms with Crippen molar-refractivity contribution in [1.29, 1.82) is 0 Å². The second kappa shape index (κ2) is 12.0. The first kappa shape index (κ1) is 26.2. The van der Waals surface area contributed by atoms with E-state index < -0.39 is 6.10 Å². The Balaban J connectivity index is 1.07. The van der Waals surface area contributed by atoms with E-state index in [0.29, 0.717) is 35.9 Å². The maximum Gasteiger partial charge on any atom is 0.253 e. The molecule has 0 bridgehead atoms. The summed E-state index contributed by atoms with van der Waals surface area (Å²) in [6, 6.07) is 11.6. The van der Waals surface area contributed by atoms with Crippen LogP contribution < -0.4 is 4.74 Å². The molecule has 1 aromatic heterocycles. The largest absolute Gasteiger partial charge is 0.477 e. The molecule has 2 aliphatic heterocycles. The van der Waals surface area contributed by atoms with E-state index in [1.165, 1.54) is 64.6 Å². The molecular formula is C31H43N3O3. The van der Waals surface area contributed by atoms with Crippen molar-refractivity contribution in [2.24, 2.45) is 11.3 Å². The Morgan fingerprint density at radius 2 is 1.70 bits per heavy atom. The minimum absolute atomic E-state index is 0.0128. The Morgan fingerprint density at radius 1 is 0.973 bits per heavy atom. The van der Waals surface area contributed by atoms with Crippen molar-refractivity contribution < 1.29 is 14.6 Å². The number of nitrogens with zero attached hydrogens (tertiary/aromatic N) is 3. The number of carbonyl (C=O) groups is 1. The minimum Gasteiger partial charge on any atom is -0.477 e. The number of likely N-dealkylation sites (tertiary alicyclic amines) is 2. The molecule has 1 aliphatic carbocycles. The summed E-state index contributed by atoms with van der Waals surface area (Å²) < 4.78 is 6.07. The van der Waals surface area contributed by atoms with Crippen molar-refractivity contribution in [3.05, 3.63) is 48.2 Å². The van der Waals surface area contributed by atoms with Crippen LogP contribution in [0.3, 0.4) is 0 Å². The molecule has 1 saturated carbocycles. The number of carbonyl (C=O) groups excluding carboxylic acids is 1. The molecule has 1 N–H and O–H groups in total. The van der Waals surface area contributed by atoms with Crippen LogP contribution in [-0.2, 0) is 0 Å². The first-order chi connectivity index (χ1) is 18.0. The fourth-order valence-electron chi connectivity index (χ4n) is 6.38. The first-order valence-electron chi connectivity index (χ1n) is 14.4. The van der Waals surface area contributed by atoms with Gasteiger partial charge in [0.1, 0.15) is 0 Å². The van der Waals surface area contributed by atoms with Crippen molar-refractivity contribution in [3.8, 4) is 17.0 Å². The summed E-state index contributed by atoms with van der Waals surface area (Å²) in [6.07, 6.45) is 12.5. The molecule has 1 aromatic carbocycles. The van der Waals surface area contributed by atoms with Crippen LogP contribution in [-0.4, -0.2) is 71.2 Å². The van der Waals surface area contributed by atoms with Crippen LogP contribution in [0.5, 0.6) is 5.88 Å². The number of hydrogen-bond acceptors (Lipinski definition) is 5. The van der Waals surface area contributed by atoms with E-state index >= 15 is 0 Å². The van der Waals surface area contributed by atoms with Crippen molar-refractivity contribution in [1.82, 2.24) is 14.8 Å². The van der Waals surface area contributed by atoms with E-state index in [1.807, 2.05) is 42.6 Å². The average Bonchev–Trinajstić information content (AvgIpc) is 2.93. The fraction of sp³-hybridized carbons (Fsp3) is 0.613. The van der Waals surface area contributed by atoms with E-state index in [0.717, 1.165) is 30.6 Å². The van der Waals surface area contributed by atoms with Gasteiger partial charge in [-0.3, -0.25) is 4.79 Å². The van der Waals surface area contributed by atoms with Gasteiger partial charge in [-0.25, -0.2) is 4.98 Å². The number of rotatable bonds is 7. The van der Waals surface area contributed by atoms with Gasteiger partial charge in [0.15, 0.2) is 0 Å². The van der Waals surface area contributed by atoms with Crippen LogP contribution in [0.25, 0.3) is 11.1 Å². The molecule has 6 heteroatoms. The SMILES string of the molecule is CC1(CN2CCC(COc3ccc(-c4ccc(C(=O)N5CCC[C@@H](O)C5)cc4)cn3)CC2)CCCCC1. The second-order valence-electron chi connectivity index (χ2n) is 11.9. The van der Waals surface area contributed by atoms with Crippen molar-refractivity contribution in [2.75, 3.05) is 39.3 Å². The highest BCUT2D eigenvalue weighted by Crippen LogP contribution is 2.37. The van der Waals surface area contributed by atoms with Crippen molar-refractivity contribution >= 4 is 5.91 Å². The third-order valence-corrected chi connectivity index (χ3v) is 8.73. The smallest absolute Gasteiger partial charge is 0.253 e. The predicted molar refractivity (Wildman–Crippen MR) is 147 cm³/mol. The number of benzene rings is 1. The average molecular weight is 506 g/mol. The standard InChI is InChI=1S/C31H43N3O3/c1-31(15-3-2-4-16-31)23-33-18-13-24(14-19-33)22-37-29-12-11-27(20-32-29)25-7-9-26(10-8-25)30(36)34-17-5-6-28(35)21-34/h7-12,20,24,28,35H,2-6,13-19,21-23H2,1H3/t28-/m1/s1. The minimum atomic E-state index is -0.411. The number of pyridine rings is 1. The molecule has 3 aliphatic rings. The Labute approximate surface area is 222 Å². The Hall–Kier alpha value is -2.44. The molecule has 0 spiro atoms. The normalized spacial score (nSPS) is 23.1. The summed E-state index contributed by atoms with van der Waals surface area (Å²) in [6.45, 7) is 8.00. The second-order valence-corrected chi connectivity index (χ2v) is 11.9. The van der Waals surface area contributed by atoms with Crippen LogP contribution in [0.2, 0.25) is 0 Å². The van der Waals surface area contributed by atoms with Gasteiger partial charge in [-0.15, -0.1) is 0 Å². The van der Waals surface area contributed by atoms with Gasteiger partial charge < -0.3 is 19.6 Å². The summed E-state index contributed by atoms with van der Waals surface area (Å²) in [5.74, 6) is 1.26. The summed E-state index contributed by atoms with van der Waals surface area (Å²) in [5.41, 5.74) is 3.21. The van der Waals surface area contributed by atoms with Gasteiger partial charge in [0.05, 0.1) is 12.7 Å². The quantitative estimate of drug-likeness (QED) is 0.545. The van der Waals surface area contributed by atoms with Crippen molar-refractivity contribution in [2.45, 2.75) is 70.8 Å². The molecule has 2 saturated heterocycles. The van der Waals surface area contributed by atoms with Crippen molar-refractivity contribution in [3.63, 3.8) is 0 Å². The monoisotopic (exact) mass is 505 g/mol. The zero-order valence-electron chi connectivity index (χ0n) is 22.4. The summed E-state index contributed by atoms with van der Waals surface area (Å²) in [7, 11) is 0. The summed E-state index contributed by atoms with van der Waals surface area (Å²) in [5, 5.41) is 9.86. The van der Waals surface area contributed by atoms with E-state index in [-0.39, 0.29) is 5.91 Å². The maximum atomic E-state index is 12.7. The summed E-state index contributed by atoms with van der Waals surface area (Å²) >= 11 is 0. The number of aliphatic hydroxyl groups excluding tert-OH is 1. The topological polar surface area (TPSA) is 65.9 Å². The Morgan fingerprint density at radius 3 is 2.38 bits per heavy atom. The number of β-amino-alcohol motifs (C(OH)–C–C–N with tert-alkyl or cyclic N) is 1. The lowest BCUT2D eigenvalue weighted by Gasteiger charge is -2.41. The highest BCUT2D eigenvalue weighted by molar-refractivity contribution is 5.94. The third-order valence-electron chi connectivity index (χ3n) is 8.73. The molecule has 2 aromatic rings. The molecule has 37 heavy (non-hydrogen) atoms. The zero-order chi connectivity index (χ0) is 25.7. The number of amides is 1. The lowest BCUT2D eigenvalue weighted by Crippen LogP contribution is -2.42. The lowest BCUT2D eigenvalue weighted by molar-refractivity contribution is 0.0474. The molecule has 1 atom stereocenters. The van der Waals surface area contributed by atoms with Gasteiger partial charge in [-0.1, -0.05) is 38.3 Å². The number of ether oxygens (including phenoxy) is 1. The summed E-state index contributed by atoms with van der Waals surface area (Å²) in [4.78, 5) is 21.7. The number of aliphatic hydroxyl groups is 1. The molecule has 5 rings (SSSR count). The molecule has 200 valence electrons. The molecule has 0 radical (unpaired) electrons. The number of aromatic nitrogens is 1. The molecule has 1 amide bonds. The van der Waals surface area contributed by atoms with E-state index in [4.69, 9.17) is 4.74 Å². The van der Waals surface area contributed by atoms with Gasteiger partial charge in [-0.2, -0.15) is 0 Å². The highest BCUT2D eigenvalue weighted by Gasteiger charge is 2.31. The number of hydrogen-bond donors (Lipinski definition) is 1. The molecule has 3 fully saturated rings. The van der Waals surface area contributed by atoms with Gasteiger partial charge in [-0.05, 0) is 86.7 Å². The lowest BCUT2D eigenvalue weighted by atomic mass is 9.75. The van der Waals surface area contributed by atoms with Crippen LogP contribution in [0, 0.1) is 11.3 Å². The van der Waals surface area contributed by atoms with Gasteiger partial charge in [0, 0.05) is 43.0 Å². The van der Waals surface area contributed by atoms with E-state index in [9.17, 15) is 9.90 Å². The Kier molecular flexibility index (Phi) is 8.46. The molecule has 0 unspecified atom stereocenters. The zero-order valence-corrected chi connectivity index (χ0v) is 22.4. The molecular weight excluding hydrogens is 462 g/mol. The van der Waals surface area contributed by atoms with Crippen LogP contribution in [0.4, 0.5) is 0 Å². The first-order valence-corrected chi connectivity index (χ1v) is 14.4. The molecule has 3 heterocycles. The predicted octanol–water partition coefficient (Wildman–Crippen LogP) is 5.41. The van der Waals surface area contributed by atoms with Crippen LogP contribution in [0.1, 0.15) is 75.1 Å². The van der Waals surface area contributed by atoms with E-state index in [1.54, 1.807) is 4.90 Å². The fourth-order valence-corrected chi connectivity index (χ4v) is 6.38. The maximum absolute atomic E-state index is 12.7. The Bertz CT molecular complexity index is 1010. The molecule has 6 nitrogen and oxygen atoms in total. The number of piperidine rings is 2.